The zero-order chi connectivity index (χ0) is 20.1. The third-order valence-corrected chi connectivity index (χ3v) is 6.68. The van der Waals surface area contributed by atoms with E-state index in [1.54, 1.807) is 0 Å². The van der Waals surface area contributed by atoms with Gasteiger partial charge in [-0.25, -0.2) is 4.98 Å². The van der Waals surface area contributed by atoms with Crippen LogP contribution in [0.1, 0.15) is 24.8 Å². The molecule has 0 aliphatic carbocycles. The number of nitrogens with zero attached hydrogens (tertiary/aromatic N) is 3. The van der Waals surface area contributed by atoms with Gasteiger partial charge < -0.3 is 9.47 Å². The Bertz CT molecular complexity index is 950. The van der Waals surface area contributed by atoms with Gasteiger partial charge in [0.15, 0.2) is 5.16 Å². The van der Waals surface area contributed by atoms with Crippen LogP contribution in [0, 0.1) is 0 Å². The molecular formula is C23H24BrN3OS. The normalized spacial score (nSPS) is 14.2. The van der Waals surface area contributed by atoms with Crippen LogP contribution in [0.3, 0.4) is 0 Å². The van der Waals surface area contributed by atoms with Crippen molar-refractivity contribution in [2.75, 3.05) is 18.8 Å². The molecule has 0 bridgehead atoms. The molecule has 1 saturated heterocycles. The summed E-state index contributed by atoms with van der Waals surface area (Å²) in [7, 11) is 0. The minimum Gasteiger partial charge on any atom is -0.342 e. The molecule has 1 amide bonds. The summed E-state index contributed by atoms with van der Waals surface area (Å²) in [6.07, 6.45) is 5.38. The molecule has 4 rings (SSSR count). The first-order valence-corrected chi connectivity index (χ1v) is 11.7. The molecule has 4 nitrogen and oxygen atoms in total. The largest absolute Gasteiger partial charge is 0.342 e. The fourth-order valence-corrected chi connectivity index (χ4v) is 4.75. The van der Waals surface area contributed by atoms with E-state index >= 15 is 0 Å². The molecule has 0 saturated carbocycles. The molecule has 1 fully saturated rings. The van der Waals surface area contributed by atoms with Gasteiger partial charge in [0.05, 0.1) is 24.2 Å². The third-order valence-electron chi connectivity index (χ3n) is 5.18. The monoisotopic (exact) mass is 469 g/mol. The van der Waals surface area contributed by atoms with Gasteiger partial charge in [-0.3, -0.25) is 4.79 Å². The maximum absolute atomic E-state index is 12.6. The summed E-state index contributed by atoms with van der Waals surface area (Å²) < 4.78 is 3.27. The van der Waals surface area contributed by atoms with E-state index in [9.17, 15) is 4.79 Å². The van der Waals surface area contributed by atoms with Crippen molar-refractivity contribution in [3.05, 3.63) is 70.8 Å². The Kier molecular flexibility index (Phi) is 6.72. The summed E-state index contributed by atoms with van der Waals surface area (Å²) in [5, 5.41) is 0.886. The van der Waals surface area contributed by atoms with Crippen molar-refractivity contribution in [2.45, 2.75) is 31.0 Å². The van der Waals surface area contributed by atoms with Crippen LogP contribution in [0.25, 0.3) is 11.3 Å². The lowest BCUT2D eigenvalue weighted by molar-refractivity contribution is -0.129. The van der Waals surface area contributed by atoms with Gasteiger partial charge >= 0.3 is 0 Å². The SMILES string of the molecule is O=C(CSc1ncc(-c2ccc(Br)cc2)n1Cc1ccccc1)N1CCCCC1. The fourth-order valence-electron chi connectivity index (χ4n) is 3.60. The number of halogens is 1. The average molecular weight is 470 g/mol. The summed E-state index contributed by atoms with van der Waals surface area (Å²) in [5.41, 5.74) is 3.40. The van der Waals surface area contributed by atoms with Gasteiger partial charge in [0.2, 0.25) is 5.91 Å². The summed E-state index contributed by atoms with van der Waals surface area (Å²) >= 11 is 5.04. The number of carbonyl (C=O) groups is 1. The Hall–Kier alpha value is -2.05. The zero-order valence-corrected chi connectivity index (χ0v) is 18.7. The molecule has 1 aliphatic rings. The predicted octanol–water partition coefficient (Wildman–Crippen LogP) is 5.47. The van der Waals surface area contributed by atoms with E-state index in [2.05, 4.69) is 61.9 Å². The van der Waals surface area contributed by atoms with Gasteiger partial charge in [-0.15, -0.1) is 0 Å². The van der Waals surface area contributed by atoms with Crippen LogP contribution in [0.4, 0.5) is 0 Å². The molecule has 2 aromatic carbocycles. The highest BCUT2D eigenvalue weighted by Gasteiger charge is 2.19. The van der Waals surface area contributed by atoms with Gasteiger partial charge in [0, 0.05) is 17.6 Å². The second-order valence-electron chi connectivity index (χ2n) is 7.23. The third kappa shape index (κ3) is 5.11. The van der Waals surface area contributed by atoms with E-state index in [1.165, 1.54) is 23.7 Å². The highest BCUT2D eigenvalue weighted by Crippen LogP contribution is 2.28. The Labute approximate surface area is 184 Å². The molecule has 29 heavy (non-hydrogen) atoms. The molecular weight excluding hydrogens is 446 g/mol. The van der Waals surface area contributed by atoms with E-state index in [0.29, 0.717) is 5.75 Å². The predicted molar refractivity (Wildman–Crippen MR) is 122 cm³/mol. The number of aromatic nitrogens is 2. The van der Waals surface area contributed by atoms with Crippen LogP contribution in [-0.2, 0) is 11.3 Å². The van der Waals surface area contributed by atoms with Crippen LogP contribution in [0.2, 0.25) is 0 Å². The number of imidazole rings is 1. The van der Waals surface area contributed by atoms with Crippen LogP contribution in [-0.4, -0.2) is 39.2 Å². The summed E-state index contributed by atoms with van der Waals surface area (Å²) in [5.74, 6) is 0.653. The maximum Gasteiger partial charge on any atom is 0.233 e. The van der Waals surface area contributed by atoms with Gasteiger partial charge in [-0.1, -0.05) is 70.2 Å². The standard InChI is InChI=1S/C23H24BrN3OS/c24-20-11-9-19(10-12-20)21-15-25-23(27(21)16-18-7-3-1-4-8-18)29-17-22(28)26-13-5-2-6-14-26/h1,3-4,7-12,15H,2,5-6,13-14,16-17H2. The number of carbonyl (C=O) groups excluding carboxylic acids is 1. The van der Waals surface area contributed by atoms with Crippen molar-refractivity contribution in [1.82, 2.24) is 14.5 Å². The zero-order valence-electron chi connectivity index (χ0n) is 16.3. The topological polar surface area (TPSA) is 38.1 Å². The van der Waals surface area contributed by atoms with Crippen LogP contribution >= 0.6 is 27.7 Å². The van der Waals surface area contributed by atoms with Crippen molar-refractivity contribution in [3.8, 4) is 11.3 Å². The number of piperidine rings is 1. The maximum atomic E-state index is 12.6. The lowest BCUT2D eigenvalue weighted by atomic mass is 10.1. The lowest BCUT2D eigenvalue weighted by Crippen LogP contribution is -2.36. The fraction of sp³-hybridized carbons (Fsp3) is 0.304. The first kappa shape index (κ1) is 20.2. The summed E-state index contributed by atoms with van der Waals surface area (Å²) in [6, 6.07) is 18.7. The second kappa shape index (κ2) is 9.63. The highest BCUT2D eigenvalue weighted by molar-refractivity contribution is 9.10. The molecule has 0 atom stereocenters. The van der Waals surface area contributed by atoms with Crippen molar-refractivity contribution in [1.29, 1.82) is 0 Å². The number of rotatable bonds is 6. The van der Waals surface area contributed by atoms with E-state index in [1.807, 2.05) is 29.3 Å². The Balaban J connectivity index is 1.57. The molecule has 6 heteroatoms. The quantitative estimate of drug-likeness (QED) is 0.449. The molecule has 1 aromatic heterocycles. The summed E-state index contributed by atoms with van der Waals surface area (Å²) in [6.45, 7) is 2.51. The molecule has 0 radical (unpaired) electrons. The number of thioether (sulfide) groups is 1. The highest BCUT2D eigenvalue weighted by atomic mass is 79.9. The number of benzene rings is 2. The molecule has 2 heterocycles. The number of likely N-dealkylation sites (tertiary alicyclic amines) is 1. The number of amides is 1. The lowest BCUT2D eigenvalue weighted by Gasteiger charge is -2.26. The molecule has 3 aromatic rings. The average Bonchev–Trinajstić information content (AvgIpc) is 3.16. The Morgan fingerprint density at radius 3 is 2.45 bits per heavy atom. The molecule has 0 N–H and O–H groups in total. The van der Waals surface area contributed by atoms with Gasteiger partial charge in [0.25, 0.3) is 0 Å². The van der Waals surface area contributed by atoms with Gasteiger partial charge in [-0.2, -0.15) is 0 Å². The Morgan fingerprint density at radius 2 is 1.72 bits per heavy atom. The number of hydrogen-bond donors (Lipinski definition) is 0. The van der Waals surface area contributed by atoms with Crippen molar-refractivity contribution < 1.29 is 4.79 Å². The molecule has 1 aliphatic heterocycles. The van der Waals surface area contributed by atoms with Crippen molar-refractivity contribution in [2.24, 2.45) is 0 Å². The first-order valence-electron chi connectivity index (χ1n) is 9.97. The molecule has 0 unspecified atom stereocenters. The van der Waals surface area contributed by atoms with Crippen molar-refractivity contribution >= 4 is 33.6 Å². The van der Waals surface area contributed by atoms with Crippen molar-refractivity contribution in [3.63, 3.8) is 0 Å². The van der Waals surface area contributed by atoms with Crippen LogP contribution in [0.15, 0.2) is 70.4 Å². The number of hydrogen-bond acceptors (Lipinski definition) is 3. The summed E-state index contributed by atoms with van der Waals surface area (Å²) in [4.78, 5) is 19.3. The van der Waals surface area contributed by atoms with Gasteiger partial charge in [-0.05, 0) is 42.5 Å². The second-order valence-corrected chi connectivity index (χ2v) is 9.09. The van der Waals surface area contributed by atoms with Gasteiger partial charge in [0.1, 0.15) is 0 Å². The molecule has 0 spiro atoms. The van der Waals surface area contributed by atoms with Crippen LogP contribution < -0.4 is 0 Å². The van der Waals surface area contributed by atoms with Crippen LogP contribution in [0.5, 0.6) is 0 Å². The minimum absolute atomic E-state index is 0.217. The van der Waals surface area contributed by atoms with E-state index in [4.69, 9.17) is 0 Å². The first-order chi connectivity index (χ1) is 14.2. The smallest absolute Gasteiger partial charge is 0.233 e. The molecule has 150 valence electrons. The Morgan fingerprint density at radius 1 is 1.00 bits per heavy atom. The van der Waals surface area contributed by atoms with E-state index < -0.39 is 0 Å². The van der Waals surface area contributed by atoms with E-state index in [0.717, 1.165) is 53.4 Å². The minimum atomic E-state index is 0.217. The van der Waals surface area contributed by atoms with E-state index in [-0.39, 0.29) is 5.91 Å².